The van der Waals surface area contributed by atoms with Crippen molar-refractivity contribution < 1.29 is 8.42 Å². The summed E-state index contributed by atoms with van der Waals surface area (Å²) >= 11 is 0. The summed E-state index contributed by atoms with van der Waals surface area (Å²) in [6.07, 6.45) is 4.01. The minimum absolute atomic E-state index is 0.151. The Kier molecular flexibility index (Phi) is 4.87. The lowest BCUT2D eigenvalue weighted by molar-refractivity contribution is 0.588. The maximum atomic E-state index is 11.6. The Morgan fingerprint density at radius 2 is 1.90 bits per heavy atom. The molecule has 0 saturated carbocycles. The van der Waals surface area contributed by atoms with Crippen LogP contribution in [0.2, 0.25) is 0 Å². The molecule has 2 N–H and O–H groups in total. The third-order valence-electron chi connectivity index (χ3n) is 3.01. The van der Waals surface area contributed by atoms with Crippen LogP contribution in [0.15, 0.2) is 41.6 Å². The van der Waals surface area contributed by atoms with Crippen LogP contribution >= 0.6 is 0 Å². The number of sulfonamides is 1. The van der Waals surface area contributed by atoms with Crippen molar-refractivity contribution in [3.05, 3.63) is 47.9 Å². The lowest BCUT2D eigenvalue weighted by Gasteiger charge is -2.07. The molecule has 0 aromatic carbocycles. The quantitative estimate of drug-likeness (QED) is 0.841. The molecular formula is C14H18N4O2S. The van der Waals surface area contributed by atoms with E-state index >= 15 is 0 Å². The van der Waals surface area contributed by atoms with E-state index in [9.17, 15) is 8.42 Å². The highest BCUT2D eigenvalue weighted by molar-refractivity contribution is 7.89. The summed E-state index contributed by atoms with van der Waals surface area (Å²) in [6, 6.07) is 7.19. The molecule has 2 heterocycles. The zero-order valence-electron chi connectivity index (χ0n) is 12.0. The zero-order chi connectivity index (χ0) is 15.3. The lowest BCUT2D eigenvalue weighted by Crippen LogP contribution is -2.18. The molecule has 0 radical (unpaired) electrons. The highest BCUT2D eigenvalue weighted by Gasteiger charge is 2.10. The van der Waals surface area contributed by atoms with Crippen molar-refractivity contribution in [2.24, 2.45) is 0 Å². The van der Waals surface area contributed by atoms with Crippen LogP contribution < -0.4 is 10.0 Å². The first-order chi connectivity index (χ1) is 10.0. The van der Waals surface area contributed by atoms with E-state index in [4.69, 9.17) is 0 Å². The standard InChI is InChI=1S/C14H18N4O2S/c1-11-3-4-12(9-17-11)7-8-16-14-6-5-13(10-18-14)21(19,20)15-2/h3-6,9-10,15H,7-8H2,1-2H3,(H,16,18). The normalized spacial score (nSPS) is 11.3. The fraction of sp³-hybridized carbons (Fsp3) is 0.286. The molecule has 6 nitrogen and oxygen atoms in total. The third-order valence-corrected chi connectivity index (χ3v) is 4.41. The Bertz CT molecular complexity index is 682. The van der Waals surface area contributed by atoms with Gasteiger partial charge in [0, 0.05) is 24.6 Å². The summed E-state index contributed by atoms with van der Waals surface area (Å²) < 4.78 is 25.4. The van der Waals surface area contributed by atoms with Gasteiger partial charge < -0.3 is 5.32 Å². The van der Waals surface area contributed by atoms with E-state index in [1.165, 1.54) is 19.3 Å². The number of hydrogen-bond donors (Lipinski definition) is 2. The van der Waals surface area contributed by atoms with Gasteiger partial charge in [-0.25, -0.2) is 18.1 Å². The molecule has 0 aliphatic rings. The molecule has 0 unspecified atom stereocenters. The second-order valence-corrected chi connectivity index (χ2v) is 6.46. The van der Waals surface area contributed by atoms with Crippen LogP contribution in [0.5, 0.6) is 0 Å². The number of nitrogens with zero attached hydrogens (tertiary/aromatic N) is 2. The van der Waals surface area contributed by atoms with Crippen LogP contribution in [0, 0.1) is 6.92 Å². The molecule has 0 saturated heterocycles. The van der Waals surface area contributed by atoms with Gasteiger partial charge in [0.05, 0.1) is 0 Å². The number of nitrogens with one attached hydrogen (secondary N) is 2. The number of aryl methyl sites for hydroxylation is 1. The fourth-order valence-electron chi connectivity index (χ4n) is 1.74. The van der Waals surface area contributed by atoms with E-state index in [1.54, 1.807) is 6.07 Å². The summed E-state index contributed by atoms with van der Waals surface area (Å²) in [6.45, 7) is 2.66. The van der Waals surface area contributed by atoms with Gasteiger partial charge in [-0.2, -0.15) is 0 Å². The number of pyridine rings is 2. The van der Waals surface area contributed by atoms with Crippen molar-refractivity contribution in [3.8, 4) is 0 Å². The molecule has 0 amide bonds. The van der Waals surface area contributed by atoms with Gasteiger partial charge in [0.15, 0.2) is 0 Å². The van der Waals surface area contributed by atoms with Gasteiger partial charge in [0.25, 0.3) is 0 Å². The number of aromatic nitrogens is 2. The third kappa shape index (κ3) is 4.24. The van der Waals surface area contributed by atoms with E-state index in [-0.39, 0.29) is 4.90 Å². The SMILES string of the molecule is CNS(=O)(=O)c1ccc(NCCc2ccc(C)nc2)nc1. The van der Waals surface area contributed by atoms with Crippen molar-refractivity contribution in [1.29, 1.82) is 0 Å². The van der Waals surface area contributed by atoms with Crippen LogP contribution in [0.4, 0.5) is 5.82 Å². The van der Waals surface area contributed by atoms with Gasteiger partial charge in [-0.3, -0.25) is 4.98 Å². The molecule has 0 atom stereocenters. The average molecular weight is 306 g/mol. The van der Waals surface area contributed by atoms with Crippen LogP contribution in [0.1, 0.15) is 11.3 Å². The van der Waals surface area contributed by atoms with Crippen molar-refractivity contribution in [2.45, 2.75) is 18.2 Å². The number of anilines is 1. The average Bonchev–Trinajstić information content (AvgIpc) is 2.50. The van der Waals surface area contributed by atoms with Gasteiger partial charge >= 0.3 is 0 Å². The smallest absolute Gasteiger partial charge is 0.241 e. The second-order valence-electron chi connectivity index (χ2n) is 4.57. The molecule has 0 spiro atoms. The summed E-state index contributed by atoms with van der Waals surface area (Å²) in [5.41, 5.74) is 2.14. The fourth-order valence-corrected chi connectivity index (χ4v) is 2.42. The Morgan fingerprint density at radius 1 is 1.10 bits per heavy atom. The maximum absolute atomic E-state index is 11.6. The van der Waals surface area contributed by atoms with Gasteiger partial charge in [-0.15, -0.1) is 0 Å². The Hall–Kier alpha value is -1.99. The zero-order valence-corrected chi connectivity index (χ0v) is 12.8. The first-order valence-electron chi connectivity index (χ1n) is 6.56. The summed E-state index contributed by atoms with van der Waals surface area (Å²) in [7, 11) is -2.06. The summed E-state index contributed by atoms with van der Waals surface area (Å²) in [4.78, 5) is 8.48. The van der Waals surface area contributed by atoms with Crippen LogP contribution in [-0.2, 0) is 16.4 Å². The van der Waals surface area contributed by atoms with E-state index in [1.807, 2.05) is 25.3 Å². The topological polar surface area (TPSA) is 84.0 Å². The number of hydrogen-bond acceptors (Lipinski definition) is 5. The predicted molar refractivity (Wildman–Crippen MR) is 81.7 cm³/mol. The number of rotatable bonds is 6. The maximum Gasteiger partial charge on any atom is 0.241 e. The van der Waals surface area contributed by atoms with Gasteiger partial charge in [-0.1, -0.05) is 6.07 Å². The van der Waals surface area contributed by atoms with Crippen LogP contribution in [-0.4, -0.2) is 32.0 Å². The Labute approximate surface area is 124 Å². The molecule has 0 fully saturated rings. The van der Waals surface area contributed by atoms with Crippen molar-refractivity contribution in [2.75, 3.05) is 18.9 Å². The van der Waals surface area contributed by atoms with Crippen molar-refractivity contribution in [3.63, 3.8) is 0 Å². The molecular weight excluding hydrogens is 288 g/mol. The Balaban J connectivity index is 1.91. The van der Waals surface area contributed by atoms with Crippen LogP contribution in [0.25, 0.3) is 0 Å². The Morgan fingerprint density at radius 3 is 2.48 bits per heavy atom. The van der Waals surface area contributed by atoms with Crippen molar-refractivity contribution in [1.82, 2.24) is 14.7 Å². The minimum atomic E-state index is -3.43. The molecule has 21 heavy (non-hydrogen) atoms. The first-order valence-corrected chi connectivity index (χ1v) is 8.04. The summed E-state index contributed by atoms with van der Waals surface area (Å²) in [5.74, 6) is 0.644. The highest BCUT2D eigenvalue weighted by atomic mass is 32.2. The largest absolute Gasteiger partial charge is 0.370 e. The van der Waals surface area contributed by atoms with Gasteiger partial charge in [-0.05, 0) is 44.2 Å². The second kappa shape index (κ2) is 6.64. The molecule has 112 valence electrons. The monoisotopic (exact) mass is 306 g/mol. The van der Waals surface area contributed by atoms with E-state index in [0.29, 0.717) is 12.4 Å². The van der Waals surface area contributed by atoms with Gasteiger partial charge in [0.1, 0.15) is 10.7 Å². The van der Waals surface area contributed by atoms with E-state index < -0.39 is 10.0 Å². The first kappa shape index (κ1) is 15.4. The summed E-state index contributed by atoms with van der Waals surface area (Å²) in [5, 5.41) is 3.15. The predicted octanol–water partition coefficient (Wildman–Crippen LogP) is 1.35. The van der Waals surface area contributed by atoms with E-state index in [0.717, 1.165) is 17.7 Å². The molecule has 2 aromatic heterocycles. The molecule has 7 heteroatoms. The molecule has 0 bridgehead atoms. The van der Waals surface area contributed by atoms with E-state index in [2.05, 4.69) is 20.0 Å². The minimum Gasteiger partial charge on any atom is -0.370 e. The lowest BCUT2D eigenvalue weighted by atomic mass is 10.2. The molecule has 0 aliphatic heterocycles. The highest BCUT2D eigenvalue weighted by Crippen LogP contribution is 2.10. The van der Waals surface area contributed by atoms with Crippen LogP contribution in [0.3, 0.4) is 0 Å². The molecule has 2 aromatic rings. The molecule has 2 rings (SSSR count). The van der Waals surface area contributed by atoms with Crippen molar-refractivity contribution >= 4 is 15.8 Å². The molecule has 0 aliphatic carbocycles. The van der Waals surface area contributed by atoms with Gasteiger partial charge in [0.2, 0.25) is 10.0 Å².